The minimum absolute atomic E-state index is 0.776. The number of unbranched alkanes of at least 4 members (excludes halogenated alkanes) is 4. The SMILES string of the molecule is CCCCCCCC(CCC)NCCCN1CCCCC1. The summed E-state index contributed by atoms with van der Waals surface area (Å²) in [5, 5.41) is 3.82. The van der Waals surface area contributed by atoms with E-state index in [2.05, 4.69) is 24.1 Å². The summed E-state index contributed by atoms with van der Waals surface area (Å²) in [6.45, 7) is 9.83. The molecule has 1 saturated heterocycles. The maximum atomic E-state index is 3.82. The van der Waals surface area contributed by atoms with E-state index in [-0.39, 0.29) is 0 Å². The van der Waals surface area contributed by atoms with Crippen LogP contribution >= 0.6 is 0 Å². The highest BCUT2D eigenvalue weighted by atomic mass is 15.1. The first kappa shape index (κ1) is 19.0. The lowest BCUT2D eigenvalue weighted by atomic mass is 10.0. The average molecular weight is 297 g/mol. The molecule has 21 heavy (non-hydrogen) atoms. The van der Waals surface area contributed by atoms with E-state index in [0.717, 1.165) is 6.04 Å². The highest BCUT2D eigenvalue weighted by Crippen LogP contribution is 2.11. The molecule has 1 aliphatic rings. The molecule has 0 aromatic heterocycles. The molecule has 0 amide bonds. The predicted octanol–water partition coefficient (Wildman–Crippen LogP) is 4.98. The average Bonchev–Trinajstić information content (AvgIpc) is 2.52. The lowest BCUT2D eigenvalue weighted by Gasteiger charge is -2.26. The fourth-order valence-electron chi connectivity index (χ4n) is 3.48. The van der Waals surface area contributed by atoms with Crippen molar-refractivity contribution in [2.75, 3.05) is 26.2 Å². The summed E-state index contributed by atoms with van der Waals surface area (Å²) in [4.78, 5) is 2.66. The third-order valence-electron chi connectivity index (χ3n) is 4.83. The van der Waals surface area contributed by atoms with Gasteiger partial charge in [-0.2, -0.15) is 0 Å². The second-order valence-electron chi connectivity index (χ2n) is 6.90. The Bertz CT molecular complexity index is 212. The molecule has 2 nitrogen and oxygen atoms in total. The third-order valence-corrected chi connectivity index (χ3v) is 4.83. The molecule has 0 spiro atoms. The normalized spacial score (nSPS) is 18.0. The van der Waals surface area contributed by atoms with Crippen LogP contribution in [0.15, 0.2) is 0 Å². The van der Waals surface area contributed by atoms with Gasteiger partial charge in [0.2, 0.25) is 0 Å². The van der Waals surface area contributed by atoms with Gasteiger partial charge in [0, 0.05) is 6.04 Å². The number of nitrogens with zero attached hydrogens (tertiary/aromatic N) is 1. The van der Waals surface area contributed by atoms with Gasteiger partial charge < -0.3 is 10.2 Å². The summed E-state index contributed by atoms with van der Waals surface area (Å²) in [6.07, 6.45) is 16.7. The first-order chi connectivity index (χ1) is 10.4. The molecule has 1 N–H and O–H groups in total. The Balaban J connectivity index is 2.01. The fraction of sp³-hybridized carbons (Fsp3) is 1.00. The van der Waals surface area contributed by atoms with Crippen LogP contribution in [-0.4, -0.2) is 37.1 Å². The first-order valence-corrected chi connectivity index (χ1v) is 9.82. The Morgan fingerprint density at radius 1 is 0.810 bits per heavy atom. The van der Waals surface area contributed by atoms with Gasteiger partial charge in [0.1, 0.15) is 0 Å². The van der Waals surface area contributed by atoms with Crippen LogP contribution in [0.2, 0.25) is 0 Å². The molecule has 1 heterocycles. The van der Waals surface area contributed by atoms with E-state index < -0.39 is 0 Å². The van der Waals surface area contributed by atoms with Crippen LogP contribution in [0.4, 0.5) is 0 Å². The van der Waals surface area contributed by atoms with Gasteiger partial charge >= 0.3 is 0 Å². The summed E-state index contributed by atoms with van der Waals surface area (Å²) >= 11 is 0. The Morgan fingerprint density at radius 3 is 2.29 bits per heavy atom. The minimum Gasteiger partial charge on any atom is -0.314 e. The van der Waals surface area contributed by atoms with Gasteiger partial charge in [-0.05, 0) is 58.3 Å². The van der Waals surface area contributed by atoms with E-state index in [4.69, 9.17) is 0 Å². The smallest absolute Gasteiger partial charge is 0.00669 e. The second kappa shape index (κ2) is 13.6. The topological polar surface area (TPSA) is 15.3 Å². The summed E-state index contributed by atoms with van der Waals surface area (Å²) in [5.74, 6) is 0. The number of nitrogens with one attached hydrogen (secondary N) is 1. The Kier molecular flexibility index (Phi) is 12.3. The number of piperidine rings is 1. The second-order valence-corrected chi connectivity index (χ2v) is 6.90. The van der Waals surface area contributed by atoms with Crippen molar-refractivity contribution in [3.63, 3.8) is 0 Å². The summed E-state index contributed by atoms with van der Waals surface area (Å²) in [5.41, 5.74) is 0. The van der Waals surface area contributed by atoms with Crippen molar-refractivity contribution in [1.29, 1.82) is 0 Å². The fourth-order valence-corrected chi connectivity index (χ4v) is 3.48. The monoisotopic (exact) mass is 296 g/mol. The minimum atomic E-state index is 0.776. The Hall–Kier alpha value is -0.0800. The summed E-state index contributed by atoms with van der Waals surface area (Å²) in [7, 11) is 0. The number of likely N-dealkylation sites (tertiary alicyclic amines) is 1. The summed E-state index contributed by atoms with van der Waals surface area (Å²) < 4.78 is 0. The zero-order valence-corrected chi connectivity index (χ0v) is 14.8. The molecule has 0 radical (unpaired) electrons. The van der Waals surface area contributed by atoms with Crippen molar-refractivity contribution in [3.8, 4) is 0 Å². The number of rotatable bonds is 13. The highest BCUT2D eigenvalue weighted by Gasteiger charge is 2.10. The zero-order chi connectivity index (χ0) is 15.2. The Morgan fingerprint density at radius 2 is 1.57 bits per heavy atom. The van der Waals surface area contributed by atoms with Crippen molar-refractivity contribution in [3.05, 3.63) is 0 Å². The largest absolute Gasteiger partial charge is 0.314 e. The molecular weight excluding hydrogens is 256 g/mol. The van der Waals surface area contributed by atoms with Crippen LogP contribution in [0.5, 0.6) is 0 Å². The summed E-state index contributed by atoms with van der Waals surface area (Å²) in [6, 6.07) is 0.776. The van der Waals surface area contributed by atoms with Gasteiger partial charge in [-0.25, -0.2) is 0 Å². The van der Waals surface area contributed by atoms with Gasteiger partial charge in [0.05, 0.1) is 0 Å². The van der Waals surface area contributed by atoms with Gasteiger partial charge in [-0.1, -0.05) is 58.8 Å². The molecule has 1 unspecified atom stereocenters. The quantitative estimate of drug-likeness (QED) is 0.482. The molecule has 126 valence electrons. The van der Waals surface area contributed by atoms with Crippen LogP contribution < -0.4 is 5.32 Å². The van der Waals surface area contributed by atoms with E-state index in [9.17, 15) is 0 Å². The van der Waals surface area contributed by atoms with Gasteiger partial charge in [0.25, 0.3) is 0 Å². The lowest BCUT2D eigenvalue weighted by Crippen LogP contribution is -2.34. The maximum Gasteiger partial charge on any atom is 0.00669 e. The Labute approximate surface area is 134 Å². The van der Waals surface area contributed by atoms with E-state index in [1.807, 2.05) is 0 Å². The van der Waals surface area contributed by atoms with Crippen molar-refractivity contribution in [2.45, 2.75) is 96.9 Å². The molecule has 2 heteroatoms. The standard InChI is InChI=1S/C19H40N2/c1-3-5-6-7-9-14-19(13-4-2)20-15-12-18-21-16-10-8-11-17-21/h19-20H,3-18H2,1-2H3. The van der Waals surface area contributed by atoms with E-state index in [0.29, 0.717) is 0 Å². The van der Waals surface area contributed by atoms with E-state index in [1.54, 1.807) is 0 Å². The predicted molar refractivity (Wildman–Crippen MR) is 95.0 cm³/mol. The first-order valence-electron chi connectivity index (χ1n) is 9.82. The molecule has 1 rings (SSSR count). The van der Waals surface area contributed by atoms with Gasteiger partial charge in [-0.15, -0.1) is 0 Å². The third kappa shape index (κ3) is 10.3. The van der Waals surface area contributed by atoms with E-state index in [1.165, 1.54) is 103 Å². The highest BCUT2D eigenvalue weighted by molar-refractivity contribution is 4.69. The van der Waals surface area contributed by atoms with Crippen molar-refractivity contribution in [1.82, 2.24) is 10.2 Å². The van der Waals surface area contributed by atoms with Crippen molar-refractivity contribution >= 4 is 0 Å². The maximum absolute atomic E-state index is 3.82. The van der Waals surface area contributed by atoms with Crippen LogP contribution in [0.1, 0.15) is 90.9 Å². The van der Waals surface area contributed by atoms with Crippen LogP contribution in [0, 0.1) is 0 Å². The van der Waals surface area contributed by atoms with Crippen LogP contribution in [0.3, 0.4) is 0 Å². The molecule has 0 saturated carbocycles. The van der Waals surface area contributed by atoms with Gasteiger partial charge in [0.15, 0.2) is 0 Å². The number of hydrogen-bond donors (Lipinski definition) is 1. The molecule has 0 bridgehead atoms. The van der Waals surface area contributed by atoms with Crippen LogP contribution in [0.25, 0.3) is 0 Å². The molecule has 0 aromatic rings. The lowest BCUT2D eigenvalue weighted by molar-refractivity contribution is 0.224. The zero-order valence-electron chi connectivity index (χ0n) is 14.8. The van der Waals surface area contributed by atoms with Crippen LogP contribution in [-0.2, 0) is 0 Å². The molecule has 1 fully saturated rings. The molecule has 1 aliphatic heterocycles. The number of hydrogen-bond acceptors (Lipinski definition) is 2. The molecule has 0 aliphatic carbocycles. The van der Waals surface area contributed by atoms with Gasteiger partial charge in [-0.3, -0.25) is 0 Å². The molecular formula is C19H40N2. The van der Waals surface area contributed by atoms with Crippen molar-refractivity contribution < 1.29 is 0 Å². The molecule has 1 atom stereocenters. The molecule has 0 aromatic carbocycles. The van der Waals surface area contributed by atoms with Crippen molar-refractivity contribution in [2.24, 2.45) is 0 Å². The van der Waals surface area contributed by atoms with E-state index >= 15 is 0 Å².